The van der Waals surface area contributed by atoms with Gasteiger partial charge in [0.15, 0.2) is 5.69 Å². The van der Waals surface area contributed by atoms with Gasteiger partial charge in [0.25, 0.3) is 0 Å². The summed E-state index contributed by atoms with van der Waals surface area (Å²) in [5, 5.41) is 22.9. The minimum absolute atomic E-state index is 0.0300. The van der Waals surface area contributed by atoms with E-state index in [0.29, 0.717) is 0 Å². The minimum Gasteiger partial charge on any atom is -0.476 e. The fourth-order valence-corrected chi connectivity index (χ4v) is 2.20. The van der Waals surface area contributed by atoms with Gasteiger partial charge in [-0.25, -0.2) is 4.79 Å². The molecule has 0 atom stereocenters. The zero-order chi connectivity index (χ0) is 13.6. The average Bonchev–Trinajstić information content (AvgIpc) is 3.01. The smallest absolute Gasteiger partial charge is 0.356 e. The maximum Gasteiger partial charge on any atom is 0.356 e. The van der Waals surface area contributed by atoms with Gasteiger partial charge >= 0.3 is 5.97 Å². The number of rotatable bonds is 3. The van der Waals surface area contributed by atoms with E-state index in [0.717, 1.165) is 29.7 Å². The van der Waals surface area contributed by atoms with Crippen LogP contribution < -0.4 is 0 Å². The fraction of sp³-hybridized carbons (Fsp3) is 0.286. The largest absolute Gasteiger partial charge is 0.476 e. The first-order valence-corrected chi connectivity index (χ1v) is 6.10. The maximum absolute atomic E-state index is 10.9. The van der Waals surface area contributed by atoms with E-state index in [-0.39, 0.29) is 5.69 Å². The van der Waals surface area contributed by atoms with Gasteiger partial charge in [0.2, 0.25) is 0 Å². The van der Waals surface area contributed by atoms with Crippen LogP contribution in [0.3, 0.4) is 0 Å². The molecule has 0 radical (unpaired) electrons. The van der Waals surface area contributed by atoms with Crippen LogP contribution in [0.1, 0.15) is 28.9 Å². The highest BCUT2D eigenvalue weighted by Gasteiger charge is 2.41. The third-order valence-electron chi connectivity index (χ3n) is 3.54. The average molecular weight is 258 g/mol. The Morgan fingerprint density at radius 2 is 1.95 bits per heavy atom. The fourth-order valence-electron chi connectivity index (χ4n) is 2.20. The molecule has 0 aliphatic heterocycles. The van der Waals surface area contributed by atoms with Crippen molar-refractivity contribution in [2.24, 2.45) is 7.05 Å². The summed E-state index contributed by atoms with van der Waals surface area (Å²) in [4.78, 5) is 10.9. The Kier molecular flexibility index (Phi) is 2.46. The Bertz CT molecular complexity index is 639. The molecular formula is C14H14N2O3. The summed E-state index contributed by atoms with van der Waals surface area (Å²) >= 11 is 0. The molecule has 1 fully saturated rings. The molecule has 1 aliphatic carbocycles. The maximum atomic E-state index is 10.9. The number of aryl methyl sites for hydroxylation is 1. The van der Waals surface area contributed by atoms with Gasteiger partial charge in [-0.3, -0.25) is 4.68 Å². The van der Waals surface area contributed by atoms with Crippen LogP contribution >= 0.6 is 0 Å². The Hall–Kier alpha value is -2.14. The Morgan fingerprint density at radius 1 is 1.32 bits per heavy atom. The monoisotopic (exact) mass is 258 g/mol. The lowest BCUT2D eigenvalue weighted by atomic mass is 10.0. The van der Waals surface area contributed by atoms with Crippen LogP contribution in [0.4, 0.5) is 0 Å². The van der Waals surface area contributed by atoms with Crippen molar-refractivity contribution < 1.29 is 15.0 Å². The van der Waals surface area contributed by atoms with Gasteiger partial charge in [0.05, 0.1) is 11.3 Å². The molecular weight excluding hydrogens is 244 g/mol. The molecule has 1 saturated carbocycles. The number of carboxylic acid groups (broad SMARTS) is 1. The highest BCUT2D eigenvalue weighted by Crippen LogP contribution is 2.45. The van der Waals surface area contributed by atoms with Crippen LogP contribution in [-0.2, 0) is 12.6 Å². The molecule has 2 aromatic rings. The van der Waals surface area contributed by atoms with Crippen molar-refractivity contribution >= 4 is 5.97 Å². The first-order chi connectivity index (χ1) is 8.99. The quantitative estimate of drug-likeness (QED) is 0.879. The van der Waals surface area contributed by atoms with Crippen LogP contribution in [0.2, 0.25) is 0 Å². The van der Waals surface area contributed by atoms with Crippen LogP contribution in [0.25, 0.3) is 11.3 Å². The zero-order valence-corrected chi connectivity index (χ0v) is 10.5. The molecule has 0 unspecified atom stereocenters. The summed E-state index contributed by atoms with van der Waals surface area (Å²) in [6.45, 7) is 0. The van der Waals surface area contributed by atoms with Gasteiger partial charge < -0.3 is 10.2 Å². The van der Waals surface area contributed by atoms with E-state index >= 15 is 0 Å². The number of benzene rings is 1. The molecule has 0 spiro atoms. The predicted molar refractivity (Wildman–Crippen MR) is 68.7 cm³/mol. The summed E-state index contributed by atoms with van der Waals surface area (Å²) < 4.78 is 1.55. The third-order valence-corrected chi connectivity index (χ3v) is 3.54. The number of carboxylic acids is 1. The molecule has 19 heavy (non-hydrogen) atoms. The normalized spacial score (nSPS) is 16.3. The molecule has 98 valence electrons. The van der Waals surface area contributed by atoms with Gasteiger partial charge in [-0.2, -0.15) is 5.10 Å². The third kappa shape index (κ3) is 2.02. The highest BCUT2D eigenvalue weighted by molar-refractivity contribution is 5.87. The molecule has 1 aromatic carbocycles. The molecule has 5 heteroatoms. The number of hydrogen-bond acceptors (Lipinski definition) is 3. The molecule has 2 N–H and O–H groups in total. The van der Waals surface area contributed by atoms with Crippen molar-refractivity contribution in [2.75, 3.05) is 0 Å². The molecule has 1 heterocycles. The number of nitrogens with zero attached hydrogens (tertiary/aromatic N) is 2. The van der Waals surface area contributed by atoms with Crippen molar-refractivity contribution in [3.63, 3.8) is 0 Å². The standard InChI is InChI=1S/C14H14N2O3/c1-16-12(8-11(15-16)13(17)18)9-2-4-10(5-3-9)14(19)6-7-14/h2-5,8,19H,6-7H2,1H3,(H,17,18). The zero-order valence-electron chi connectivity index (χ0n) is 10.5. The number of aromatic carboxylic acids is 1. The van der Waals surface area contributed by atoms with Gasteiger partial charge in [-0.15, -0.1) is 0 Å². The van der Waals surface area contributed by atoms with E-state index < -0.39 is 11.6 Å². The summed E-state index contributed by atoms with van der Waals surface area (Å²) in [7, 11) is 1.71. The molecule has 1 aromatic heterocycles. The lowest BCUT2D eigenvalue weighted by molar-refractivity contribution is 0.0689. The van der Waals surface area contributed by atoms with Gasteiger partial charge in [-0.05, 0) is 30.0 Å². The van der Waals surface area contributed by atoms with E-state index in [1.807, 2.05) is 24.3 Å². The van der Waals surface area contributed by atoms with E-state index in [4.69, 9.17) is 5.11 Å². The summed E-state index contributed by atoms with van der Waals surface area (Å²) in [6, 6.07) is 9.08. The van der Waals surface area contributed by atoms with Crippen molar-refractivity contribution in [3.05, 3.63) is 41.6 Å². The second kappa shape index (κ2) is 3.93. The molecule has 0 amide bonds. The van der Waals surface area contributed by atoms with Crippen LogP contribution in [0.5, 0.6) is 0 Å². The predicted octanol–water partition coefficient (Wildman–Crippen LogP) is 1.77. The minimum atomic E-state index is -1.04. The molecule has 0 saturated heterocycles. The van der Waals surface area contributed by atoms with Crippen LogP contribution in [0, 0.1) is 0 Å². The lowest BCUT2D eigenvalue weighted by Crippen LogP contribution is -2.03. The Labute approximate surface area is 110 Å². The van der Waals surface area contributed by atoms with Gasteiger partial charge in [0.1, 0.15) is 0 Å². The molecule has 5 nitrogen and oxygen atoms in total. The second-order valence-corrected chi connectivity index (χ2v) is 4.95. The second-order valence-electron chi connectivity index (χ2n) is 4.95. The molecule has 3 rings (SSSR count). The number of hydrogen-bond donors (Lipinski definition) is 2. The van der Waals surface area contributed by atoms with Gasteiger partial charge in [0, 0.05) is 7.05 Å². The van der Waals surface area contributed by atoms with Crippen molar-refractivity contribution in [1.29, 1.82) is 0 Å². The topological polar surface area (TPSA) is 75.4 Å². The van der Waals surface area contributed by atoms with E-state index in [9.17, 15) is 9.90 Å². The first-order valence-electron chi connectivity index (χ1n) is 6.10. The van der Waals surface area contributed by atoms with Gasteiger partial charge in [-0.1, -0.05) is 24.3 Å². The number of aromatic nitrogens is 2. The number of carbonyl (C=O) groups is 1. The SMILES string of the molecule is Cn1nc(C(=O)O)cc1-c1ccc(C2(O)CC2)cc1. The first kappa shape index (κ1) is 11.9. The summed E-state index contributed by atoms with van der Waals surface area (Å²) in [5.41, 5.74) is 1.93. The van der Waals surface area contributed by atoms with Crippen molar-refractivity contribution in [2.45, 2.75) is 18.4 Å². The Morgan fingerprint density at radius 3 is 2.42 bits per heavy atom. The molecule has 0 bridgehead atoms. The Balaban J connectivity index is 1.96. The summed E-state index contributed by atoms with van der Waals surface area (Å²) in [5.74, 6) is -1.04. The summed E-state index contributed by atoms with van der Waals surface area (Å²) in [6.07, 6.45) is 1.61. The van der Waals surface area contributed by atoms with Crippen molar-refractivity contribution in [3.8, 4) is 11.3 Å². The van der Waals surface area contributed by atoms with E-state index in [1.165, 1.54) is 0 Å². The van der Waals surface area contributed by atoms with Crippen LogP contribution in [-0.4, -0.2) is 26.0 Å². The van der Waals surface area contributed by atoms with Crippen LogP contribution in [0.15, 0.2) is 30.3 Å². The van der Waals surface area contributed by atoms with Crippen molar-refractivity contribution in [1.82, 2.24) is 9.78 Å². The molecule has 1 aliphatic rings. The van der Waals surface area contributed by atoms with E-state index in [2.05, 4.69) is 5.10 Å². The highest BCUT2D eigenvalue weighted by atomic mass is 16.4. The van der Waals surface area contributed by atoms with E-state index in [1.54, 1.807) is 17.8 Å². The lowest BCUT2D eigenvalue weighted by Gasteiger charge is -2.09. The number of aliphatic hydroxyl groups is 1.